The Morgan fingerprint density at radius 2 is 1.80 bits per heavy atom. The van der Waals surface area contributed by atoms with Crippen LogP contribution in [-0.2, 0) is 19.6 Å². The van der Waals surface area contributed by atoms with Gasteiger partial charge in [0.2, 0.25) is 15.9 Å². The molecule has 1 saturated heterocycles. The molecule has 1 atom stereocenters. The van der Waals surface area contributed by atoms with Crippen LogP contribution in [0.3, 0.4) is 0 Å². The van der Waals surface area contributed by atoms with Crippen molar-refractivity contribution in [3.63, 3.8) is 0 Å². The first-order chi connectivity index (χ1) is 11.8. The summed E-state index contributed by atoms with van der Waals surface area (Å²) in [5.74, 6) is -1.74. The zero-order valence-electron chi connectivity index (χ0n) is 14.4. The zero-order chi connectivity index (χ0) is 18.6. The van der Waals surface area contributed by atoms with E-state index in [-0.39, 0.29) is 29.8 Å². The van der Waals surface area contributed by atoms with Crippen molar-refractivity contribution in [3.05, 3.63) is 29.8 Å². The number of carboxylic acids is 1. The molecule has 1 aromatic rings. The van der Waals surface area contributed by atoms with Crippen LogP contribution in [-0.4, -0.2) is 48.8 Å². The Kier molecular flexibility index (Phi) is 6.18. The number of rotatable bonds is 6. The van der Waals surface area contributed by atoms with Gasteiger partial charge in [0, 0.05) is 19.0 Å². The normalized spacial score (nSPS) is 17.8. The number of aliphatic carboxylic acids is 1. The van der Waals surface area contributed by atoms with E-state index in [2.05, 4.69) is 5.32 Å². The SMILES string of the molecule is CCC(NC(=O)C1CCN(S(=O)(=O)c2ccc(C)cc2)CC1)C(=O)O. The highest BCUT2D eigenvalue weighted by molar-refractivity contribution is 7.89. The van der Waals surface area contributed by atoms with Crippen LogP contribution in [0.4, 0.5) is 0 Å². The van der Waals surface area contributed by atoms with Gasteiger partial charge in [0.15, 0.2) is 0 Å². The summed E-state index contributed by atoms with van der Waals surface area (Å²) < 4.78 is 26.7. The monoisotopic (exact) mass is 368 g/mol. The summed E-state index contributed by atoms with van der Waals surface area (Å²) >= 11 is 0. The molecule has 1 unspecified atom stereocenters. The van der Waals surface area contributed by atoms with Crippen LogP contribution in [0.15, 0.2) is 29.2 Å². The highest BCUT2D eigenvalue weighted by Gasteiger charge is 2.33. The van der Waals surface area contributed by atoms with E-state index in [1.54, 1.807) is 31.2 Å². The van der Waals surface area contributed by atoms with Gasteiger partial charge in [-0.2, -0.15) is 4.31 Å². The van der Waals surface area contributed by atoms with Crippen molar-refractivity contribution < 1.29 is 23.1 Å². The molecule has 2 rings (SSSR count). The number of nitrogens with zero attached hydrogens (tertiary/aromatic N) is 1. The Labute approximate surface area is 148 Å². The lowest BCUT2D eigenvalue weighted by Gasteiger charge is -2.31. The second-order valence-electron chi connectivity index (χ2n) is 6.30. The lowest BCUT2D eigenvalue weighted by molar-refractivity contribution is -0.142. The van der Waals surface area contributed by atoms with Crippen molar-refractivity contribution >= 4 is 21.9 Å². The highest BCUT2D eigenvalue weighted by Crippen LogP contribution is 2.24. The summed E-state index contributed by atoms with van der Waals surface area (Å²) in [4.78, 5) is 23.5. The minimum Gasteiger partial charge on any atom is -0.480 e. The number of hydrogen-bond donors (Lipinski definition) is 2. The fourth-order valence-electron chi connectivity index (χ4n) is 2.85. The second kappa shape index (κ2) is 7.97. The number of aryl methyl sites for hydroxylation is 1. The van der Waals surface area contributed by atoms with Crippen LogP contribution >= 0.6 is 0 Å². The van der Waals surface area contributed by atoms with E-state index in [0.717, 1.165) is 5.56 Å². The van der Waals surface area contributed by atoms with E-state index in [1.165, 1.54) is 4.31 Å². The maximum atomic E-state index is 12.6. The second-order valence-corrected chi connectivity index (χ2v) is 8.24. The smallest absolute Gasteiger partial charge is 0.326 e. The molecule has 1 heterocycles. The fourth-order valence-corrected chi connectivity index (χ4v) is 4.32. The molecule has 8 heteroatoms. The molecule has 0 aromatic heterocycles. The molecule has 2 N–H and O–H groups in total. The molecule has 7 nitrogen and oxygen atoms in total. The molecular formula is C17H24N2O5S. The molecule has 0 bridgehead atoms. The van der Waals surface area contributed by atoms with Crippen LogP contribution in [0.25, 0.3) is 0 Å². The lowest BCUT2D eigenvalue weighted by Crippen LogP contribution is -2.47. The molecule has 1 aliphatic rings. The first kappa shape index (κ1) is 19.4. The number of hydrogen-bond acceptors (Lipinski definition) is 4. The van der Waals surface area contributed by atoms with E-state index >= 15 is 0 Å². The predicted molar refractivity (Wildman–Crippen MR) is 92.5 cm³/mol. The van der Waals surface area contributed by atoms with Crippen LogP contribution in [0.2, 0.25) is 0 Å². The Hall–Kier alpha value is -1.93. The standard InChI is InChI=1S/C17H24N2O5S/c1-3-15(17(21)22)18-16(20)13-8-10-19(11-9-13)25(23,24)14-6-4-12(2)5-7-14/h4-7,13,15H,3,8-11H2,1-2H3,(H,18,20)(H,21,22). The molecule has 25 heavy (non-hydrogen) atoms. The molecule has 0 saturated carbocycles. The van der Waals surface area contributed by atoms with Crippen LogP contribution in [0, 0.1) is 12.8 Å². The Bertz CT molecular complexity index is 722. The third-order valence-corrected chi connectivity index (χ3v) is 6.42. The van der Waals surface area contributed by atoms with E-state index < -0.39 is 22.0 Å². The highest BCUT2D eigenvalue weighted by atomic mass is 32.2. The van der Waals surface area contributed by atoms with Gasteiger partial charge in [-0.25, -0.2) is 13.2 Å². The number of benzene rings is 1. The van der Waals surface area contributed by atoms with Gasteiger partial charge < -0.3 is 10.4 Å². The molecule has 0 spiro atoms. The van der Waals surface area contributed by atoms with Gasteiger partial charge in [0.25, 0.3) is 0 Å². The number of sulfonamides is 1. The summed E-state index contributed by atoms with van der Waals surface area (Å²) in [5, 5.41) is 11.5. The Morgan fingerprint density at radius 3 is 2.28 bits per heavy atom. The molecule has 0 radical (unpaired) electrons. The zero-order valence-corrected chi connectivity index (χ0v) is 15.3. The van der Waals surface area contributed by atoms with Gasteiger partial charge in [0.1, 0.15) is 6.04 Å². The molecule has 0 aliphatic carbocycles. The molecule has 1 aromatic carbocycles. The van der Waals surface area contributed by atoms with Gasteiger partial charge in [0.05, 0.1) is 4.90 Å². The predicted octanol–water partition coefficient (Wildman–Crippen LogP) is 1.38. The number of piperidine rings is 1. The summed E-state index contributed by atoms with van der Waals surface area (Å²) in [6.07, 6.45) is 1.07. The summed E-state index contributed by atoms with van der Waals surface area (Å²) in [6, 6.07) is 5.78. The molecule has 1 aliphatic heterocycles. The first-order valence-corrected chi connectivity index (χ1v) is 9.79. The minimum atomic E-state index is -3.56. The summed E-state index contributed by atoms with van der Waals surface area (Å²) in [7, 11) is -3.56. The Balaban J connectivity index is 1.98. The number of carbonyl (C=O) groups is 2. The lowest BCUT2D eigenvalue weighted by atomic mass is 9.97. The third-order valence-electron chi connectivity index (χ3n) is 4.51. The maximum Gasteiger partial charge on any atom is 0.326 e. The average molecular weight is 368 g/mol. The van der Waals surface area contributed by atoms with E-state index in [9.17, 15) is 18.0 Å². The summed E-state index contributed by atoms with van der Waals surface area (Å²) in [6.45, 7) is 4.08. The topological polar surface area (TPSA) is 104 Å². The quantitative estimate of drug-likeness (QED) is 0.789. The van der Waals surface area contributed by atoms with Crippen molar-refractivity contribution in [2.24, 2.45) is 5.92 Å². The summed E-state index contributed by atoms with van der Waals surface area (Å²) in [5.41, 5.74) is 0.984. The largest absolute Gasteiger partial charge is 0.480 e. The molecule has 1 fully saturated rings. The van der Waals surface area contributed by atoms with Crippen LogP contribution in [0.1, 0.15) is 31.7 Å². The maximum absolute atomic E-state index is 12.6. The number of carboxylic acid groups (broad SMARTS) is 1. The third kappa shape index (κ3) is 4.58. The Morgan fingerprint density at radius 1 is 1.24 bits per heavy atom. The van der Waals surface area contributed by atoms with Gasteiger partial charge in [-0.1, -0.05) is 24.6 Å². The van der Waals surface area contributed by atoms with Crippen molar-refractivity contribution in [3.8, 4) is 0 Å². The molecule has 1 amide bonds. The number of amides is 1. The van der Waals surface area contributed by atoms with Gasteiger partial charge in [-0.15, -0.1) is 0 Å². The van der Waals surface area contributed by atoms with E-state index in [4.69, 9.17) is 5.11 Å². The van der Waals surface area contributed by atoms with Crippen molar-refractivity contribution in [2.45, 2.75) is 44.0 Å². The number of nitrogens with one attached hydrogen (secondary N) is 1. The van der Waals surface area contributed by atoms with Crippen LogP contribution in [0.5, 0.6) is 0 Å². The fraction of sp³-hybridized carbons (Fsp3) is 0.529. The number of carbonyl (C=O) groups excluding carboxylic acids is 1. The van der Waals surface area contributed by atoms with Gasteiger partial charge >= 0.3 is 5.97 Å². The first-order valence-electron chi connectivity index (χ1n) is 8.35. The van der Waals surface area contributed by atoms with Crippen LogP contribution < -0.4 is 5.32 Å². The van der Waals surface area contributed by atoms with Crippen molar-refractivity contribution in [1.29, 1.82) is 0 Å². The molecular weight excluding hydrogens is 344 g/mol. The molecule has 138 valence electrons. The van der Waals surface area contributed by atoms with Crippen molar-refractivity contribution in [1.82, 2.24) is 9.62 Å². The van der Waals surface area contributed by atoms with E-state index in [0.29, 0.717) is 19.3 Å². The van der Waals surface area contributed by atoms with Gasteiger partial charge in [-0.3, -0.25) is 4.79 Å². The van der Waals surface area contributed by atoms with Gasteiger partial charge in [-0.05, 0) is 38.3 Å². The minimum absolute atomic E-state index is 0.248. The average Bonchev–Trinajstić information content (AvgIpc) is 2.59. The van der Waals surface area contributed by atoms with Crippen molar-refractivity contribution in [2.75, 3.05) is 13.1 Å². The van der Waals surface area contributed by atoms with E-state index in [1.807, 2.05) is 6.92 Å².